The summed E-state index contributed by atoms with van der Waals surface area (Å²) in [7, 11) is 1.36. The zero-order valence-electron chi connectivity index (χ0n) is 11.9. The van der Waals surface area contributed by atoms with E-state index in [4.69, 9.17) is 5.73 Å². The fourth-order valence-electron chi connectivity index (χ4n) is 1.92. The molecule has 0 aromatic carbocycles. The molecule has 8 heteroatoms. The molecule has 20 heavy (non-hydrogen) atoms. The molecule has 112 valence electrons. The van der Waals surface area contributed by atoms with Gasteiger partial charge in [0.2, 0.25) is 5.16 Å². The van der Waals surface area contributed by atoms with E-state index >= 15 is 0 Å². The first-order chi connectivity index (χ1) is 9.54. The van der Waals surface area contributed by atoms with E-state index in [1.54, 1.807) is 18.7 Å². The fourth-order valence-corrected chi connectivity index (χ4v) is 2.86. The monoisotopic (exact) mass is 299 g/mol. The Morgan fingerprint density at radius 2 is 2.30 bits per heavy atom. The lowest BCUT2D eigenvalue weighted by molar-refractivity contribution is -0.146. The zero-order chi connectivity index (χ0) is 14.6. The average molecular weight is 299 g/mol. The van der Waals surface area contributed by atoms with E-state index in [-0.39, 0.29) is 5.97 Å². The van der Waals surface area contributed by atoms with Crippen LogP contribution < -0.4 is 5.73 Å². The normalized spacial score (nSPS) is 17.8. The Morgan fingerprint density at radius 3 is 2.95 bits per heavy atom. The lowest BCUT2D eigenvalue weighted by Crippen LogP contribution is -2.45. The second-order valence-corrected chi connectivity index (χ2v) is 6.41. The van der Waals surface area contributed by atoms with E-state index in [9.17, 15) is 4.79 Å². The molecule has 0 radical (unpaired) electrons. The molecule has 0 bridgehead atoms. The smallest absolute Gasteiger partial charge is 0.325 e. The van der Waals surface area contributed by atoms with Gasteiger partial charge in [-0.1, -0.05) is 18.2 Å². The number of rotatable bonds is 8. The van der Waals surface area contributed by atoms with Gasteiger partial charge in [-0.15, -0.1) is 5.10 Å². The molecular formula is C12H21N5O2S. The van der Waals surface area contributed by atoms with Crippen LogP contribution in [0.3, 0.4) is 0 Å². The second kappa shape index (κ2) is 6.53. The maximum atomic E-state index is 11.4. The number of unbranched alkanes of at least 4 members (excludes halogenated alkanes) is 1. The van der Waals surface area contributed by atoms with Crippen LogP contribution in [0.15, 0.2) is 5.16 Å². The number of nitrogens with zero attached hydrogens (tertiary/aromatic N) is 4. The van der Waals surface area contributed by atoms with Crippen LogP contribution in [-0.4, -0.2) is 44.6 Å². The number of ether oxygens (including phenoxy) is 1. The largest absolute Gasteiger partial charge is 0.468 e. The first-order valence-electron chi connectivity index (χ1n) is 6.82. The van der Waals surface area contributed by atoms with Crippen LogP contribution in [0.4, 0.5) is 0 Å². The van der Waals surface area contributed by atoms with Crippen LogP contribution >= 0.6 is 11.8 Å². The summed E-state index contributed by atoms with van der Waals surface area (Å²) in [5.41, 5.74) is 5.01. The summed E-state index contributed by atoms with van der Waals surface area (Å²) >= 11 is 1.66. The number of nitrogens with two attached hydrogens (primary N) is 1. The van der Waals surface area contributed by atoms with Gasteiger partial charge in [0.1, 0.15) is 5.54 Å². The van der Waals surface area contributed by atoms with Gasteiger partial charge in [0.05, 0.1) is 13.2 Å². The summed E-state index contributed by atoms with van der Waals surface area (Å²) < 4.78 is 6.59. The Hall–Kier alpha value is -1.15. The van der Waals surface area contributed by atoms with Gasteiger partial charge in [0.25, 0.3) is 0 Å². The van der Waals surface area contributed by atoms with Gasteiger partial charge in [-0.25, -0.2) is 4.68 Å². The van der Waals surface area contributed by atoms with Gasteiger partial charge in [0, 0.05) is 5.75 Å². The molecular weight excluding hydrogens is 278 g/mol. The number of esters is 1. The molecule has 0 saturated heterocycles. The molecule has 2 N–H and O–H groups in total. The molecule has 7 nitrogen and oxygen atoms in total. The third-order valence-corrected chi connectivity index (χ3v) is 4.35. The van der Waals surface area contributed by atoms with E-state index < -0.39 is 5.54 Å². The molecule has 0 amide bonds. The van der Waals surface area contributed by atoms with Crippen molar-refractivity contribution in [3.63, 3.8) is 0 Å². The molecule has 1 fully saturated rings. The summed E-state index contributed by atoms with van der Waals surface area (Å²) in [4.78, 5) is 11.4. The number of carbonyl (C=O) groups excluding carboxylic acids is 1. The molecule has 1 atom stereocenters. The van der Waals surface area contributed by atoms with Crippen molar-refractivity contribution in [2.45, 2.75) is 55.8 Å². The van der Waals surface area contributed by atoms with E-state index in [1.807, 2.05) is 4.68 Å². The highest BCUT2D eigenvalue weighted by Gasteiger charge is 2.29. The van der Waals surface area contributed by atoms with Crippen LogP contribution in [0.1, 0.15) is 45.1 Å². The van der Waals surface area contributed by atoms with Crippen molar-refractivity contribution in [3.05, 3.63) is 0 Å². The third-order valence-electron chi connectivity index (χ3n) is 3.33. The van der Waals surface area contributed by atoms with Crippen molar-refractivity contribution in [1.82, 2.24) is 20.2 Å². The minimum Gasteiger partial charge on any atom is -0.468 e. The van der Waals surface area contributed by atoms with Crippen molar-refractivity contribution < 1.29 is 9.53 Å². The topological polar surface area (TPSA) is 95.9 Å². The predicted molar refractivity (Wildman–Crippen MR) is 75.3 cm³/mol. The molecule has 1 aliphatic carbocycles. The van der Waals surface area contributed by atoms with Crippen LogP contribution in [0.2, 0.25) is 0 Å². The summed E-state index contributed by atoms with van der Waals surface area (Å²) in [6.45, 7) is 1.71. The summed E-state index contributed by atoms with van der Waals surface area (Å²) in [5, 5.41) is 12.6. The van der Waals surface area contributed by atoms with E-state index in [0.717, 1.165) is 23.8 Å². The lowest BCUT2D eigenvalue weighted by Gasteiger charge is -2.20. The number of methoxy groups -OCH3 is 1. The van der Waals surface area contributed by atoms with Crippen molar-refractivity contribution >= 4 is 17.7 Å². The number of thioether (sulfide) groups is 1. The number of aromatic nitrogens is 4. The highest BCUT2D eigenvalue weighted by atomic mass is 32.2. The molecule has 1 saturated carbocycles. The number of hydrogen-bond donors (Lipinski definition) is 1. The van der Waals surface area contributed by atoms with Gasteiger partial charge in [-0.05, 0) is 43.0 Å². The molecule has 1 heterocycles. The summed E-state index contributed by atoms with van der Waals surface area (Å²) in [6, 6.07) is 0.499. The highest BCUT2D eigenvalue weighted by molar-refractivity contribution is 7.99. The Labute approximate surface area is 122 Å². The van der Waals surface area contributed by atoms with Gasteiger partial charge in [-0.3, -0.25) is 4.79 Å². The van der Waals surface area contributed by atoms with Crippen LogP contribution in [-0.2, 0) is 9.53 Å². The minimum absolute atomic E-state index is 0.358. The maximum Gasteiger partial charge on any atom is 0.325 e. The zero-order valence-corrected chi connectivity index (χ0v) is 12.7. The Morgan fingerprint density at radius 1 is 1.55 bits per heavy atom. The number of hydrogen-bond acceptors (Lipinski definition) is 7. The number of tetrazole rings is 1. The maximum absolute atomic E-state index is 11.4. The van der Waals surface area contributed by atoms with Crippen molar-refractivity contribution in [2.75, 3.05) is 12.9 Å². The van der Waals surface area contributed by atoms with Gasteiger partial charge < -0.3 is 10.5 Å². The van der Waals surface area contributed by atoms with Crippen molar-refractivity contribution in [3.8, 4) is 0 Å². The molecule has 1 aromatic heterocycles. The molecule has 1 unspecified atom stereocenters. The Kier molecular flexibility index (Phi) is 4.98. The summed E-state index contributed by atoms with van der Waals surface area (Å²) in [5.74, 6) is 0.562. The quantitative estimate of drug-likeness (QED) is 0.437. The average Bonchev–Trinajstić information content (AvgIpc) is 3.17. The molecule has 2 rings (SSSR count). The predicted octanol–water partition coefficient (Wildman–Crippen LogP) is 1.16. The molecule has 1 aliphatic rings. The van der Waals surface area contributed by atoms with Crippen molar-refractivity contribution in [1.29, 1.82) is 0 Å². The van der Waals surface area contributed by atoms with E-state index in [0.29, 0.717) is 12.5 Å². The number of carbonyl (C=O) groups is 1. The minimum atomic E-state index is -0.894. The van der Waals surface area contributed by atoms with E-state index in [1.165, 1.54) is 20.0 Å². The van der Waals surface area contributed by atoms with Crippen LogP contribution in [0.25, 0.3) is 0 Å². The SMILES string of the molecule is COC(=O)C(C)(N)CCCCSc1nnnn1C1CC1. The van der Waals surface area contributed by atoms with Crippen LogP contribution in [0.5, 0.6) is 0 Å². The standard InChI is InChI=1S/C12H21N5O2S/c1-12(13,10(18)19-2)7-3-4-8-20-11-14-15-16-17(11)9-5-6-9/h9H,3-8,13H2,1-2H3. The summed E-state index contributed by atoms with van der Waals surface area (Å²) in [6.07, 6.45) is 4.80. The highest BCUT2D eigenvalue weighted by Crippen LogP contribution is 2.36. The lowest BCUT2D eigenvalue weighted by atomic mass is 9.97. The fraction of sp³-hybridized carbons (Fsp3) is 0.833. The van der Waals surface area contributed by atoms with E-state index in [2.05, 4.69) is 20.3 Å². The first kappa shape index (κ1) is 15.2. The van der Waals surface area contributed by atoms with Crippen molar-refractivity contribution in [2.24, 2.45) is 5.73 Å². The second-order valence-electron chi connectivity index (χ2n) is 5.35. The van der Waals surface area contributed by atoms with Crippen LogP contribution in [0, 0.1) is 0 Å². The molecule has 0 spiro atoms. The first-order valence-corrected chi connectivity index (χ1v) is 7.81. The van der Waals surface area contributed by atoms with Gasteiger partial charge >= 0.3 is 5.97 Å². The molecule has 0 aliphatic heterocycles. The van der Waals surface area contributed by atoms with Gasteiger partial charge in [-0.2, -0.15) is 0 Å². The molecule has 1 aromatic rings. The third kappa shape index (κ3) is 3.92. The Balaban J connectivity index is 1.66. The Bertz CT molecular complexity index is 458. The van der Waals surface area contributed by atoms with Gasteiger partial charge in [0.15, 0.2) is 0 Å².